The summed E-state index contributed by atoms with van der Waals surface area (Å²) >= 11 is 0. The van der Waals surface area contributed by atoms with E-state index in [4.69, 9.17) is 9.47 Å². The molecule has 5 fully saturated rings. The van der Waals surface area contributed by atoms with Crippen LogP contribution in [0.25, 0.3) is 0 Å². The Balaban J connectivity index is 1.39. The van der Waals surface area contributed by atoms with Gasteiger partial charge in [0.1, 0.15) is 0 Å². The van der Waals surface area contributed by atoms with Crippen molar-refractivity contribution in [3.63, 3.8) is 0 Å². The van der Waals surface area contributed by atoms with Gasteiger partial charge in [-0.25, -0.2) is 0 Å². The average Bonchev–Trinajstić information content (AvgIpc) is 3.40. The average molecular weight is 347 g/mol. The first-order chi connectivity index (χ1) is 12.2. The second-order valence-corrected chi connectivity index (χ2v) is 9.82. The quantitative estimate of drug-likeness (QED) is 0.421. The van der Waals surface area contributed by atoms with Crippen molar-refractivity contribution in [2.75, 3.05) is 13.9 Å². The second-order valence-electron chi connectivity index (χ2n) is 9.82. The van der Waals surface area contributed by atoms with Gasteiger partial charge in [-0.05, 0) is 84.9 Å². The Morgan fingerprint density at radius 3 is 2.16 bits per heavy atom. The molecule has 5 saturated carbocycles. The van der Waals surface area contributed by atoms with Gasteiger partial charge in [-0.3, -0.25) is 4.79 Å². The van der Waals surface area contributed by atoms with Crippen molar-refractivity contribution in [1.82, 2.24) is 0 Å². The van der Waals surface area contributed by atoms with Crippen LogP contribution in [0.2, 0.25) is 0 Å². The minimum atomic E-state index is 0.0250. The lowest BCUT2D eigenvalue weighted by atomic mass is 9.60. The van der Waals surface area contributed by atoms with Crippen LogP contribution in [0.3, 0.4) is 0 Å². The zero-order valence-electron chi connectivity index (χ0n) is 16.0. The molecule has 5 aliphatic rings. The van der Waals surface area contributed by atoms with Gasteiger partial charge < -0.3 is 9.47 Å². The standard InChI is InChI=1S/C22H34O3/c1-4-11-6-12(5-2)19-17-9-16(18(11)19)20-13-7-14(21(17)20)15(8-13)22(23)25-10-24-3/h11-21H,4-10H2,1-3H3. The molecule has 3 nitrogen and oxygen atoms in total. The molecule has 0 saturated heterocycles. The summed E-state index contributed by atoms with van der Waals surface area (Å²) in [6.07, 6.45) is 8.14. The van der Waals surface area contributed by atoms with Crippen molar-refractivity contribution >= 4 is 5.97 Å². The number of hydrogen-bond acceptors (Lipinski definition) is 3. The van der Waals surface area contributed by atoms with E-state index in [0.717, 1.165) is 59.7 Å². The molecule has 11 atom stereocenters. The minimum Gasteiger partial charge on any atom is -0.438 e. The fourth-order valence-corrected chi connectivity index (χ4v) is 9.12. The second kappa shape index (κ2) is 5.97. The Kier molecular flexibility index (Phi) is 3.96. The van der Waals surface area contributed by atoms with Gasteiger partial charge in [0.25, 0.3) is 0 Å². The van der Waals surface area contributed by atoms with Gasteiger partial charge in [-0.1, -0.05) is 26.7 Å². The molecule has 0 amide bonds. The predicted octanol–water partition coefficient (Wildman–Crippen LogP) is 4.36. The summed E-state index contributed by atoms with van der Waals surface area (Å²) in [4.78, 5) is 12.5. The highest BCUT2D eigenvalue weighted by molar-refractivity contribution is 5.73. The van der Waals surface area contributed by atoms with Crippen LogP contribution in [-0.2, 0) is 14.3 Å². The number of methoxy groups -OCH3 is 1. The third kappa shape index (κ3) is 2.11. The van der Waals surface area contributed by atoms with E-state index in [1.807, 2.05) is 0 Å². The molecule has 5 rings (SSSR count). The fraction of sp³-hybridized carbons (Fsp3) is 0.955. The zero-order chi connectivity index (χ0) is 17.3. The summed E-state index contributed by atoms with van der Waals surface area (Å²) < 4.78 is 10.3. The third-order valence-corrected chi connectivity index (χ3v) is 9.46. The molecule has 0 aliphatic heterocycles. The molecule has 5 aliphatic carbocycles. The summed E-state index contributed by atoms with van der Waals surface area (Å²) in [5.41, 5.74) is 0. The maximum absolute atomic E-state index is 12.5. The lowest BCUT2D eigenvalue weighted by Crippen LogP contribution is -2.42. The van der Waals surface area contributed by atoms with E-state index in [-0.39, 0.29) is 18.7 Å². The molecule has 3 heteroatoms. The van der Waals surface area contributed by atoms with Gasteiger partial charge in [0.2, 0.25) is 0 Å². The number of esters is 1. The summed E-state index contributed by atoms with van der Waals surface area (Å²) in [6, 6.07) is 0. The molecule has 140 valence electrons. The number of carbonyl (C=O) groups is 1. The Labute approximate surface area is 152 Å². The molecule has 11 unspecified atom stereocenters. The van der Waals surface area contributed by atoms with E-state index in [1.165, 1.54) is 32.1 Å². The Morgan fingerprint density at radius 1 is 0.840 bits per heavy atom. The minimum absolute atomic E-state index is 0.0250. The molecule has 0 N–H and O–H groups in total. The number of rotatable bonds is 5. The monoisotopic (exact) mass is 346 g/mol. The van der Waals surface area contributed by atoms with E-state index in [1.54, 1.807) is 7.11 Å². The first-order valence-corrected chi connectivity index (χ1v) is 10.8. The highest BCUT2D eigenvalue weighted by Crippen LogP contribution is 2.75. The van der Waals surface area contributed by atoms with Gasteiger partial charge in [0, 0.05) is 7.11 Å². The van der Waals surface area contributed by atoms with Crippen molar-refractivity contribution in [2.24, 2.45) is 65.1 Å². The summed E-state index contributed by atoms with van der Waals surface area (Å²) in [7, 11) is 1.59. The van der Waals surface area contributed by atoms with Gasteiger partial charge in [-0.2, -0.15) is 0 Å². The predicted molar refractivity (Wildman–Crippen MR) is 95.4 cm³/mol. The van der Waals surface area contributed by atoms with Crippen molar-refractivity contribution in [3.8, 4) is 0 Å². The Hall–Kier alpha value is -0.570. The highest BCUT2D eigenvalue weighted by atomic mass is 16.7. The van der Waals surface area contributed by atoms with Crippen LogP contribution in [0.4, 0.5) is 0 Å². The molecular formula is C22H34O3. The molecule has 0 heterocycles. The van der Waals surface area contributed by atoms with Gasteiger partial charge >= 0.3 is 5.97 Å². The van der Waals surface area contributed by atoms with Crippen molar-refractivity contribution < 1.29 is 14.3 Å². The van der Waals surface area contributed by atoms with Gasteiger partial charge in [0.15, 0.2) is 6.79 Å². The molecule has 0 aromatic carbocycles. The maximum Gasteiger partial charge on any atom is 0.311 e. The van der Waals surface area contributed by atoms with E-state index in [9.17, 15) is 4.79 Å². The fourth-order valence-electron chi connectivity index (χ4n) is 9.12. The topological polar surface area (TPSA) is 35.5 Å². The summed E-state index contributed by atoms with van der Waals surface area (Å²) in [5, 5.41) is 0. The zero-order valence-corrected chi connectivity index (χ0v) is 16.0. The van der Waals surface area contributed by atoms with Crippen molar-refractivity contribution in [1.29, 1.82) is 0 Å². The molecule has 25 heavy (non-hydrogen) atoms. The van der Waals surface area contributed by atoms with Crippen LogP contribution in [0, 0.1) is 65.1 Å². The van der Waals surface area contributed by atoms with Crippen molar-refractivity contribution in [2.45, 2.75) is 52.4 Å². The van der Waals surface area contributed by atoms with Crippen LogP contribution in [0.1, 0.15) is 52.4 Å². The van der Waals surface area contributed by atoms with Crippen LogP contribution in [0.15, 0.2) is 0 Å². The SMILES string of the molecule is CCC1CC(CC)C2C3CC(C12)C1C2CC(C(=O)OCOC)C(C2)C31. The van der Waals surface area contributed by atoms with Crippen LogP contribution < -0.4 is 0 Å². The number of hydrogen-bond donors (Lipinski definition) is 0. The number of ether oxygens (including phenoxy) is 2. The van der Waals surface area contributed by atoms with Gasteiger partial charge in [0.05, 0.1) is 5.92 Å². The molecular weight excluding hydrogens is 312 g/mol. The van der Waals surface area contributed by atoms with E-state index in [2.05, 4.69) is 13.8 Å². The molecule has 0 aromatic heterocycles. The number of carbonyl (C=O) groups excluding carboxylic acids is 1. The van der Waals surface area contributed by atoms with E-state index >= 15 is 0 Å². The smallest absolute Gasteiger partial charge is 0.311 e. The molecule has 0 radical (unpaired) electrons. The van der Waals surface area contributed by atoms with Crippen LogP contribution >= 0.6 is 0 Å². The largest absolute Gasteiger partial charge is 0.438 e. The summed E-state index contributed by atoms with van der Waals surface area (Å²) in [6.45, 7) is 4.95. The first kappa shape index (κ1) is 16.6. The highest BCUT2D eigenvalue weighted by Gasteiger charge is 2.70. The molecule has 0 spiro atoms. The van der Waals surface area contributed by atoms with E-state index < -0.39 is 0 Å². The lowest BCUT2D eigenvalue weighted by molar-refractivity contribution is -0.163. The third-order valence-electron chi connectivity index (χ3n) is 9.46. The van der Waals surface area contributed by atoms with Gasteiger partial charge in [-0.15, -0.1) is 0 Å². The maximum atomic E-state index is 12.5. The van der Waals surface area contributed by atoms with Crippen molar-refractivity contribution in [3.05, 3.63) is 0 Å². The summed E-state index contributed by atoms with van der Waals surface area (Å²) in [5.74, 6) is 9.30. The van der Waals surface area contributed by atoms with E-state index in [0.29, 0.717) is 5.92 Å². The first-order valence-electron chi connectivity index (χ1n) is 10.8. The molecule has 0 aromatic rings. The van der Waals surface area contributed by atoms with Crippen LogP contribution in [0.5, 0.6) is 0 Å². The lowest BCUT2D eigenvalue weighted by Gasteiger charge is -2.45. The normalized spacial score (nSPS) is 54.8. The van der Waals surface area contributed by atoms with Crippen LogP contribution in [-0.4, -0.2) is 19.9 Å². The Bertz CT molecular complexity index is 545. The molecule has 4 bridgehead atoms. The Morgan fingerprint density at radius 2 is 1.52 bits per heavy atom. The number of fused-ring (bicyclic) bond motifs is 12.